The molecule has 92 valence electrons. The van der Waals surface area contributed by atoms with Crippen LogP contribution in [0.4, 0.5) is 0 Å². The number of nitrogens with two attached hydrogens (primary N) is 1. The van der Waals surface area contributed by atoms with Crippen molar-refractivity contribution in [2.75, 3.05) is 13.2 Å². The molecule has 0 saturated carbocycles. The van der Waals surface area contributed by atoms with Gasteiger partial charge in [0.15, 0.2) is 0 Å². The van der Waals surface area contributed by atoms with E-state index in [0.29, 0.717) is 0 Å². The van der Waals surface area contributed by atoms with E-state index >= 15 is 0 Å². The van der Waals surface area contributed by atoms with Crippen LogP contribution >= 0.6 is 0 Å². The van der Waals surface area contributed by atoms with Crippen LogP contribution in [0, 0.1) is 0 Å². The van der Waals surface area contributed by atoms with Gasteiger partial charge in [0.25, 0.3) is 0 Å². The molecule has 1 aromatic carbocycles. The zero-order chi connectivity index (χ0) is 12.1. The molecule has 2 N–H and O–H groups in total. The second-order valence-electron chi connectivity index (χ2n) is 4.14. The molecule has 1 atom stereocenters. The van der Waals surface area contributed by atoms with Gasteiger partial charge in [0.05, 0.1) is 19.3 Å². The Morgan fingerprint density at radius 1 is 1.47 bits per heavy atom. The molecule has 0 fully saturated rings. The first-order chi connectivity index (χ1) is 8.31. The summed E-state index contributed by atoms with van der Waals surface area (Å²) >= 11 is 0. The minimum atomic E-state index is -0.178. The predicted octanol–water partition coefficient (Wildman–Crippen LogP) is 2.78. The van der Waals surface area contributed by atoms with E-state index < -0.39 is 0 Å². The number of benzene rings is 1. The first-order valence-electron chi connectivity index (χ1n) is 6.12. The van der Waals surface area contributed by atoms with Crippen molar-refractivity contribution < 1.29 is 9.47 Å². The predicted molar refractivity (Wildman–Crippen MR) is 67.8 cm³/mol. The van der Waals surface area contributed by atoms with Crippen LogP contribution in [0.5, 0.6) is 5.75 Å². The second kappa shape index (κ2) is 5.73. The number of rotatable bonds is 5. The molecule has 0 bridgehead atoms. The lowest BCUT2D eigenvalue weighted by molar-refractivity contribution is 0.225. The smallest absolute Gasteiger partial charge is 0.119 e. The lowest BCUT2D eigenvalue weighted by atomic mass is 10.1. The molecule has 0 aromatic heterocycles. The van der Waals surface area contributed by atoms with E-state index in [2.05, 4.69) is 13.0 Å². The van der Waals surface area contributed by atoms with Gasteiger partial charge in [-0.2, -0.15) is 0 Å². The monoisotopic (exact) mass is 233 g/mol. The SMILES string of the molecule is CCCOc1cccc(C(N)C2=CCCO2)c1. The first-order valence-corrected chi connectivity index (χ1v) is 6.12. The molecule has 2 rings (SSSR count). The van der Waals surface area contributed by atoms with Gasteiger partial charge in [-0.15, -0.1) is 0 Å². The third-order valence-electron chi connectivity index (χ3n) is 2.73. The fourth-order valence-corrected chi connectivity index (χ4v) is 1.84. The van der Waals surface area contributed by atoms with Gasteiger partial charge in [0.1, 0.15) is 11.5 Å². The molecule has 0 spiro atoms. The molecule has 17 heavy (non-hydrogen) atoms. The summed E-state index contributed by atoms with van der Waals surface area (Å²) in [6, 6.07) is 7.74. The van der Waals surface area contributed by atoms with Crippen molar-refractivity contribution in [3.05, 3.63) is 41.7 Å². The third kappa shape index (κ3) is 3.01. The maximum absolute atomic E-state index is 6.15. The van der Waals surface area contributed by atoms with Crippen LogP contribution in [-0.4, -0.2) is 13.2 Å². The summed E-state index contributed by atoms with van der Waals surface area (Å²) in [6.07, 6.45) is 4.02. The Balaban J connectivity index is 2.09. The summed E-state index contributed by atoms with van der Waals surface area (Å²) in [5.74, 6) is 1.75. The van der Waals surface area contributed by atoms with Crippen LogP contribution in [0.1, 0.15) is 31.4 Å². The molecular weight excluding hydrogens is 214 g/mol. The molecule has 1 heterocycles. The topological polar surface area (TPSA) is 44.5 Å². The van der Waals surface area contributed by atoms with Gasteiger partial charge in [-0.1, -0.05) is 19.1 Å². The molecule has 1 aliphatic heterocycles. The van der Waals surface area contributed by atoms with Crippen molar-refractivity contribution in [1.29, 1.82) is 0 Å². The van der Waals surface area contributed by atoms with Gasteiger partial charge in [0.2, 0.25) is 0 Å². The van der Waals surface area contributed by atoms with Crippen molar-refractivity contribution in [3.8, 4) is 5.75 Å². The molecule has 0 amide bonds. The summed E-state index contributed by atoms with van der Waals surface area (Å²) in [7, 11) is 0. The lowest BCUT2D eigenvalue weighted by Crippen LogP contribution is -2.13. The summed E-state index contributed by atoms with van der Waals surface area (Å²) in [6.45, 7) is 3.57. The molecular formula is C14H19NO2. The Morgan fingerprint density at radius 2 is 2.35 bits per heavy atom. The van der Waals surface area contributed by atoms with Gasteiger partial charge in [0, 0.05) is 6.42 Å². The Labute approximate surface area is 102 Å². The molecule has 1 unspecified atom stereocenters. The average molecular weight is 233 g/mol. The molecule has 1 aromatic rings. The van der Waals surface area contributed by atoms with Crippen LogP contribution in [0.15, 0.2) is 36.1 Å². The minimum absolute atomic E-state index is 0.178. The van der Waals surface area contributed by atoms with Gasteiger partial charge in [-0.3, -0.25) is 0 Å². The van der Waals surface area contributed by atoms with E-state index in [9.17, 15) is 0 Å². The van der Waals surface area contributed by atoms with Crippen molar-refractivity contribution in [2.24, 2.45) is 5.73 Å². The van der Waals surface area contributed by atoms with Crippen molar-refractivity contribution in [1.82, 2.24) is 0 Å². The quantitative estimate of drug-likeness (QED) is 0.850. The Kier molecular flexibility index (Phi) is 4.04. The highest BCUT2D eigenvalue weighted by atomic mass is 16.5. The van der Waals surface area contributed by atoms with Gasteiger partial charge in [-0.05, 0) is 30.2 Å². The molecule has 0 aliphatic carbocycles. The average Bonchev–Trinajstić information content (AvgIpc) is 2.89. The van der Waals surface area contributed by atoms with Crippen LogP contribution < -0.4 is 10.5 Å². The number of ether oxygens (including phenoxy) is 2. The van der Waals surface area contributed by atoms with E-state index in [0.717, 1.165) is 43.1 Å². The third-order valence-corrected chi connectivity index (χ3v) is 2.73. The highest BCUT2D eigenvalue weighted by Gasteiger charge is 2.16. The summed E-state index contributed by atoms with van der Waals surface area (Å²) in [5.41, 5.74) is 7.18. The lowest BCUT2D eigenvalue weighted by Gasteiger charge is -2.14. The maximum atomic E-state index is 6.15. The molecule has 0 radical (unpaired) electrons. The minimum Gasteiger partial charge on any atom is -0.496 e. The van der Waals surface area contributed by atoms with E-state index in [1.165, 1.54) is 0 Å². The fraction of sp³-hybridized carbons (Fsp3) is 0.429. The van der Waals surface area contributed by atoms with Gasteiger partial charge < -0.3 is 15.2 Å². The molecule has 0 saturated heterocycles. The summed E-state index contributed by atoms with van der Waals surface area (Å²) in [5, 5.41) is 0. The van der Waals surface area contributed by atoms with E-state index in [4.69, 9.17) is 15.2 Å². The van der Waals surface area contributed by atoms with E-state index in [1.54, 1.807) is 0 Å². The standard InChI is InChI=1S/C14H19NO2/c1-2-8-16-12-6-3-5-11(10-12)14(15)13-7-4-9-17-13/h3,5-7,10,14H,2,4,8-9,15H2,1H3. The maximum Gasteiger partial charge on any atom is 0.119 e. The Hall–Kier alpha value is -1.48. The fourth-order valence-electron chi connectivity index (χ4n) is 1.84. The normalized spacial score (nSPS) is 16.2. The van der Waals surface area contributed by atoms with Crippen LogP contribution in [0.3, 0.4) is 0 Å². The van der Waals surface area contributed by atoms with Crippen molar-refractivity contribution in [3.63, 3.8) is 0 Å². The van der Waals surface area contributed by atoms with E-state index in [1.807, 2.05) is 24.3 Å². The van der Waals surface area contributed by atoms with Gasteiger partial charge in [-0.25, -0.2) is 0 Å². The van der Waals surface area contributed by atoms with Crippen molar-refractivity contribution in [2.45, 2.75) is 25.8 Å². The zero-order valence-corrected chi connectivity index (χ0v) is 10.2. The molecule has 3 heteroatoms. The molecule has 3 nitrogen and oxygen atoms in total. The molecule has 1 aliphatic rings. The number of hydrogen-bond acceptors (Lipinski definition) is 3. The van der Waals surface area contributed by atoms with Crippen LogP contribution in [-0.2, 0) is 4.74 Å². The van der Waals surface area contributed by atoms with Crippen molar-refractivity contribution >= 4 is 0 Å². The van der Waals surface area contributed by atoms with Gasteiger partial charge >= 0.3 is 0 Å². The Morgan fingerprint density at radius 3 is 3.06 bits per heavy atom. The Bertz CT molecular complexity index is 401. The largest absolute Gasteiger partial charge is 0.496 e. The highest BCUT2D eigenvalue weighted by Crippen LogP contribution is 2.26. The second-order valence-corrected chi connectivity index (χ2v) is 4.14. The zero-order valence-electron chi connectivity index (χ0n) is 10.2. The summed E-state index contributed by atoms with van der Waals surface area (Å²) < 4.78 is 11.1. The highest BCUT2D eigenvalue weighted by molar-refractivity contribution is 5.33. The first kappa shape index (κ1) is 12.0. The summed E-state index contributed by atoms with van der Waals surface area (Å²) in [4.78, 5) is 0. The van der Waals surface area contributed by atoms with Crippen LogP contribution in [0.2, 0.25) is 0 Å². The number of hydrogen-bond donors (Lipinski definition) is 1. The van der Waals surface area contributed by atoms with E-state index in [-0.39, 0.29) is 6.04 Å². The van der Waals surface area contributed by atoms with Crippen LogP contribution in [0.25, 0.3) is 0 Å².